The average molecular weight is 384 g/mol. The molecule has 2 rings (SSSR count). The van der Waals surface area contributed by atoms with Gasteiger partial charge in [0.15, 0.2) is 0 Å². The fourth-order valence-corrected chi connectivity index (χ4v) is 2.26. The SMILES string of the molecule is C=CCNC(=O)Nc1ccc(NC(=O)CNC(=O)Cc2cccc(F)c2)cc1. The number of nitrogens with one attached hydrogen (secondary N) is 4. The van der Waals surface area contributed by atoms with Crippen molar-refractivity contribution in [3.63, 3.8) is 0 Å². The highest BCUT2D eigenvalue weighted by atomic mass is 19.1. The summed E-state index contributed by atoms with van der Waals surface area (Å²) in [6.07, 6.45) is 1.55. The molecule has 0 heterocycles. The summed E-state index contributed by atoms with van der Waals surface area (Å²) in [7, 11) is 0. The van der Waals surface area contributed by atoms with E-state index in [-0.39, 0.29) is 24.9 Å². The first-order valence-electron chi connectivity index (χ1n) is 8.53. The van der Waals surface area contributed by atoms with Crippen molar-refractivity contribution in [2.45, 2.75) is 6.42 Å². The number of hydrogen-bond acceptors (Lipinski definition) is 3. The van der Waals surface area contributed by atoms with Crippen LogP contribution in [-0.2, 0) is 16.0 Å². The number of carbonyl (C=O) groups is 3. The van der Waals surface area contributed by atoms with E-state index in [0.717, 1.165) is 0 Å². The molecule has 8 heteroatoms. The van der Waals surface area contributed by atoms with Gasteiger partial charge in [-0.05, 0) is 42.0 Å². The number of halogens is 1. The molecule has 0 aliphatic rings. The molecule has 28 heavy (non-hydrogen) atoms. The van der Waals surface area contributed by atoms with Crippen LogP contribution in [0, 0.1) is 5.82 Å². The Morgan fingerprint density at radius 3 is 2.25 bits per heavy atom. The third-order valence-corrected chi connectivity index (χ3v) is 3.53. The zero-order valence-corrected chi connectivity index (χ0v) is 15.1. The number of hydrogen-bond donors (Lipinski definition) is 4. The Hall–Kier alpha value is -3.68. The van der Waals surface area contributed by atoms with Gasteiger partial charge < -0.3 is 21.3 Å². The third kappa shape index (κ3) is 7.28. The topological polar surface area (TPSA) is 99.3 Å². The van der Waals surface area contributed by atoms with Crippen LogP contribution in [0.5, 0.6) is 0 Å². The third-order valence-electron chi connectivity index (χ3n) is 3.53. The second-order valence-electron chi connectivity index (χ2n) is 5.83. The Morgan fingerprint density at radius 1 is 0.929 bits per heavy atom. The van der Waals surface area contributed by atoms with Gasteiger partial charge in [-0.15, -0.1) is 6.58 Å². The zero-order chi connectivity index (χ0) is 20.4. The van der Waals surface area contributed by atoms with E-state index in [1.807, 2.05) is 0 Å². The van der Waals surface area contributed by atoms with E-state index in [9.17, 15) is 18.8 Å². The van der Waals surface area contributed by atoms with Crippen LogP contribution in [-0.4, -0.2) is 30.9 Å². The second-order valence-corrected chi connectivity index (χ2v) is 5.83. The lowest BCUT2D eigenvalue weighted by Crippen LogP contribution is -2.33. The molecule has 2 aromatic rings. The number of carbonyl (C=O) groups excluding carboxylic acids is 3. The summed E-state index contributed by atoms with van der Waals surface area (Å²) in [5, 5.41) is 10.3. The maximum absolute atomic E-state index is 13.1. The zero-order valence-electron chi connectivity index (χ0n) is 15.1. The minimum atomic E-state index is -0.417. The van der Waals surface area contributed by atoms with Crippen molar-refractivity contribution >= 4 is 29.2 Å². The molecule has 0 saturated carbocycles. The summed E-state index contributed by atoms with van der Waals surface area (Å²) in [4.78, 5) is 35.3. The number of urea groups is 1. The van der Waals surface area contributed by atoms with Crippen LogP contribution in [0.15, 0.2) is 61.2 Å². The van der Waals surface area contributed by atoms with Crippen LogP contribution in [0.25, 0.3) is 0 Å². The highest BCUT2D eigenvalue weighted by molar-refractivity contribution is 5.95. The number of amides is 4. The van der Waals surface area contributed by atoms with Gasteiger partial charge >= 0.3 is 6.03 Å². The van der Waals surface area contributed by atoms with Crippen LogP contribution >= 0.6 is 0 Å². The standard InChI is InChI=1S/C20H21FN4O3/c1-2-10-22-20(28)25-17-8-6-16(7-9-17)24-19(27)13-23-18(26)12-14-4-3-5-15(21)11-14/h2-9,11H,1,10,12-13H2,(H,23,26)(H,24,27)(H2,22,25,28). The van der Waals surface area contributed by atoms with Crippen molar-refractivity contribution in [3.8, 4) is 0 Å². The van der Waals surface area contributed by atoms with Crippen molar-refractivity contribution in [2.75, 3.05) is 23.7 Å². The normalized spacial score (nSPS) is 9.89. The van der Waals surface area contributed by atoms with Crippen LogP contribution in [0.4, 0.5) is 20.6 Å². The predicted molar refractivity (Wildman–Crippen MR) is 105 cm³/mol. The van der Waals surface area contributed by atoms with Crippen molar-refractivity contribution in [3.05, 3.63) is 72.6 Å². The lowest BCUT2D eigenvalue weighted by molar-refractivity contribution is -0.123. The van der Waals surface area contributed by atoms with Gasteiger partial charge in [-0.2, -0.15) is 0 Å². The summed E-state index contributed by atoms with van der Waals surface area (Å²) in [6, 6.07) is 11.9. The van der Waals surface area contributed by atoms with Crippen molar-refractivity contribution in [1.82, 2.24) is 10.6 Å². The predicted octanol–water partition coefficient (Wildman–Crippen LogP) is 2.43. The second kappa shape index (κ2) is 10.5. The fourth-order valence-electron chi connectivity index (χ4n) is 2.26. The van der Waals surface area contributed by atoms with Crippen molar-refractivity contribution in [2.24, 2.45) is 0 Å². The Bertz CT molecular complexity index is 853. The first kappa shape index (κ1) is 20.6. The van der Waals surface area contributed by atoms with Gasteiger partial charge in [0.05, 0.1) is 13.0 Å². The number of anilines is 2. The molecule has 0 bridgehead atoms. The van der Waals surface area contributed by atoms with Crippen molar-refractivity contribution in [1.29, 1.82) is 0 Å². The molecule has 0 saturated heterocycles. The van der Waals surface area contributed by atoms with Crippen LogP contribution < -0.4 is 21.3 Å². The van der Waals surface area contributed by atoms with Gasteiger partial charge in [-0.3, -0.25) is 9.59 Å². The van der Waals surface area contributed by atoms with Gasteiger partial charge in [0, 0.05) is 17.9 Å². The molecule has 0 spiro atoms. The summed E-state index contributed by atoms with van der Waals surface area (Å²) in [5.74, 6) is -1.21. The number of benzene rings is 2. The Kier molecular flexibility index (Phi) is 7.71. The number of rotatable bonds is 8. The molecule has 7 nitrogen and oxygen atoms in total. The molecule has 2 aromatic carbocycles. The lowest BCUT2D eigenvalue weighted by Gasteiger charge is -2.09. The quantitative estimate of drug-likeness (QED) is 0.526. The molecule has 0 atom stereocenters. The molecule has 146 valence electrons. The fraction of sp³-hybridized carbons (Fsp3) is 0.150. The molecular formula is C20H21FN4O3. The summed E-state index contributed by atoms with van der Waals surface area (Å²) >= 11 is 0. The Morgan fingerprint density at radius 2 is 1.61 bits per heavy atom. The molecular weight excluding hydrogens is 363 g/mol. The highest BCUT2D eigenvalue weighted by Gasteiger charge is 2.08. The first-order chi connectivity index (χ1) is 13.5. The Labute approximate surface area is 162 Å². The van der Waals surface area contributed by atoms with E-state index in [0.29, 0.717) is 23.5 Å². The van der Waals surface area contributed by atoms with E-state index < -0.39 is 11.7 Å². The molecule has 0 radical (unpaired) electrons. The van der Waals surface area contributed by atoms with E-state index in [1.165, 1.54) is 18.2 Å². The molecule has 0 fully saturated rings. The Balaban J connectivity index is 1.75. The van der Waals surface area contributed by atoms with Crippen LogP contribution in [0.3, 0.4) is 0 Å². The smallest absolute Gasteiger partial charge is 0.319 e. The van der Waals surface area contributed by atoms with Gasteiger partial charge in [-0.1, -0.05) is 18.2 Å². The van der Waals surface area contributed by atoms with Crippen LogP contribution in [0.2, 0.25) is 0 Å². The van der Waals surface area contributed by atoms with Crippen molar-refractivity contribution < 1.29 is 18.8 Å². The summed E-state index contributed by atoms with van der Waals surface area (Å²) < 4.78 is 13.1. The molecule has 0 aliphatic heterocycles. The van der Waals surface area contributed by atoms with Gasteiger partial charge in [0.2, 0.25) is 11.8 Å². The highest BCUT2D eigenvalue weighted by Crippen LogP contribution is 2.13. The van der Waals surface area contributed by atoms with E-state index in [2.05, 4.69) is 27.8 Å². The molecule has 4 amide bonds. The van der Waals surface area contributed by atoms with Gasteiger partial charge in [0.25, 0.3) is 0 Å². The summed E-state index contributed by atoms with van der Waals surface area (Å²) in [6.45, 7) is 3.65. The van der Waals surface area contributed by atoms with Gasteiger partial charge in [0.1, 0.15) is 5.82 Å². The first-order valence-corrected chi connectivity index (χ1v) is 8.53. The summed E-state index contributed by atoms with van der Waals surface area (Å²) in [5.41, 5.74) is 1.60. The minimum absolute atomic E-state index is 0.0146. The molecule has 0 aliphatic carbocycles. The maximum atomic E-state index is 13.1. The monoisotopic (exact) mass is 384 g/mol. The maximum Gasteiger partial charge on any atom is 0.319 e. The van der Waals surface area contributed by atoms with E-state index in [4.69, 9.17) is 0 Å². The molecule has 0 aromatic heterocycles. The largest absolute Gasteiger partial charge is 0.347 e. The van der Waals surface area contributed by atoms with Gasteiger partial charge in [-0.25, -0.2) is 9.18 Å². The minimum Gasteiger partial charge on any atom is -0.347 e. The average Bonchev–Trinajstić information content (AvgIpc) is 2.66. The molecule has 0 unspecified atom stereocenters. The lowest BCUT2D eigenvalue weighted by atomic mass is 10.1. The van der Waals surface area contributed by atoms with E-state index in [1.54, 1.807) is 36.4 Å². The molecule has 4 N–H and O–H groups in total. The van der Waals surface area contributed by atoms with E-state index >= 15 is 0 Å². The van der Waals surface area contributed by atoms with Crippen LogP contribution in [0.1, 0.15) is 5.56 Å².